The molecule has 2 unspecified atom stereocenters. The van der Waals surface area contributed by atoms with Crippen LogP contribution >= 0.6 is 0 Å². The Balaban J connectivity index is 1.75. The highest BCUT2D eigenvalue weighted by Gasteiger charge is 2.26. The molecular formula is C20H20F2N2O3. The molecule has 0 saturated heterocycles. The smallest absolute Gasteiger partial charge is 0.347 e. The first-order chi connectivity index (χ1) is 12.9. The van der Waals surface area contributed by atoms with Gasteiger partial charge in [-0.2, -0.15) is 8.78 Å². The van der Waals surface area contributed by atoms with Gasteiger partial charge in [-0.25, -0.2) is 9.78 Å². The van der Waals surface area contributed by atoms with Crippen molar-refractivity contribution in [2.24, 2.45) is 0 Å². The zero-order chi connectivity index (χ0) is 19.6. The fourth-order valence-electron chi connectivity index (χ4n) is 2.75. The number of esters is 1. The first-order valence-corrected chi connectivity index (χ1v) is 8.55. The Morgan fingerprint density at radius 2 is 1.74 bits per heavy atom. The molecule has 0 bridgehead atoms. The summed E-state index contributed by atoms with van der Waals surface area (Å²) in [6.45, 7) is 2.20. The maximum atomic E-state index is 13.5. The average Bonchev–Trinajstić information content (AvgIpc) is 3.03. The lowest BCUT2D eigenvalue weighted by Gasteiger charge is -2.18. The number of hydrogen-bond donors (Lipinski definition) is 0. The number of nitrogens with zero attached hydrogens (tertiary/aromatic N) is 2. The topological polar surface area (TPSA) is 53.4 Å². The number of halogens is 2. The lowest BCUT2D eigenvalue weighted by atomic mass is 10.2. The van der Waals surface area contributed by atoms with Gasteiger partial charge in [-0.1, -0.05) is 29.8 Å². The predicted molar refractivity (Wildman–Crippen MR) is 96.8 cm³/mol. The molecule has 0 aliphatic carbocycles. The van der Waals surface area contributed by atoms with Gasteiger partial charge in [-0.15, -0.1) is 0 Å². The number of aryl methyl sites for hydroxylation is 1. The fraction of sp³-hybridized carbons (Fsp3) is 0.300. The first-order valence-electron chi connectivity index (χ1n) is 8.55. The van der Waals surface area contributed by atoms with Crippen molar-refractivity contribution in [3.63, 3.8) is 0 Å². The summed E-state index contributed by atoms with van der Waals surface area (Å²) in [6, 6.07) is 13.8. The predicted octanol–water partition coefficient (Wildman–Crippen LogP) is 4.81. The summed E-state index contributed by atoms with van der Waals surface area (Å²) in [6.07, 6.45) is -1.84. The van der Waals surface area contributed by atoms with Crippen LogP contribution < -0.4 is 4.74 Å². The van der Waals surface area contributed by atoms with Crippen LogP contribution in [-0.4, -0.2) is 21.6 Å². The van der Waals surface area contributed by atoms with Crippen LogP contribution in [0.15, 0.2) is 48.5 Å². The maximum Gasteiger partial charge on any atom is 0.347 e. The Kier molecular flexibility index (Phi) is 5.39. The van der Waals surface area contributed by atoms with Crippen LogP contribution in [0.25, 0.3) is 11.0 Å². The number of hydrogen-bond acceptors (Lipinski definition) is 4. The van der Waals surface area contributed by atoms with Crippen molar-refractivity contribution >= 4 is 17.0 Å². The van der Waals surface area contributed by atoms with Crippen molar-refractivity contribution in [2.75, 3.05) is 0 Å². The van der Waals surface area contributed by atoms with Crippen molar-refractivity contribution in [2.45, 2.75) is 39.5 Å². The Labute approximate surface area is 155 Å². The number of imidazole rings is 1. The molecule has 0 N–H and O–H groups in total. The summed E-state index contributed by atoms with van der Waals surface area (Å²) in [5, 5.41) is 0. The Morgan fingerprint density at radius 3 is 2.41 bits per heavy atom. The summed E-state index contributed by atoms with van der Waals surface area (Å²) >= 11 is 0. The van der Waals surface area contributed by atoms with E-state index < -0.39 is 24.7 Å². The molecule has 142 valence electrons. The second kappa shape index (κ2) is 7.73. The first kappa shape index (κ1) is 18.8. The number of carbonyl (C=O) groups is 1. The number of aromatic nitrogens is 2. The zero-order valence-corrected chi connectivity index (χ0v) is 15.2. The van der Waals surface area contributed by atoms with Crippen molar-refractivity contribution in [3.05, 3.63) is 59.9 Å². The molecule has 7 heteroatoms. The minimum Gasteiger partial charge on any atom is -0.479 e. The van der Waals surface area contributed by atoms with Crippen LogP contribution in [0.2, 0.25) is 0 Å². The van der Waals surface area contributed by atoms with Gasteiger partial charge in [0.15, 0.2) is 18.0 Å². The van der Waals surface area contributed by atoms with Gasteiger partial charge in [-0.05, 0) is 45.0 Å². The number of carbonyl (C=O) groups excluding carboxylic acids is 1. The van der Waals surface area contributed by atoms with Crippen LogP contribution in [0.4, 0.5) is 8.78 Å². The van der Waals surface area contributed by atoms with Crippen molar-refractivity contribution in [1.82, 2.24) is 9.55 Å². The minimum atomic E-state index is -2.80. The molecule has 3 aromatic rings. The van der Waals surface area contributed by atoms with Crippen LogP contribution in [0.3, 0.4) is 0 Å². The molecule has 0 aliphatic rings. The van der Waals surface area contributed by atoms with Crippen molar-refractivity contribution in [1.29, 1.82) is 0 Å². The summed E-state index contributed by atoms with van der Waals surface area (Å²) in [5.41, 5.74) is 1.77. The van der Waals surface area contributed by atoms with E-state index in [0.29, 0.717) is 11.3 Å². The standard InChI is InChI=1S/C20H20F2N2O3/c1-12-8-10-15(11-9-12)26-14(3)19(25)27-13(2)18-23-16-6-4-5-7-17(16)24(18)20(21)22/h4-11,13-14,20H,1-3H3. The summed E-state index contributed by atoms with van der Waals surface area (Å²) < 4.78 is 38.7. The van der Waals surface area contributed by atoms with Crippen LogP contribution in [0.5, 0.6) is 5.75 Å². The molecule has 2 atom stereocenters. The average molecular weight is 374 g/mol. The summed E-state index contributed by atoms with van der Waals surface area (Å²) in [7, 11) is 0. The van der Waals surface area contributed by atoms with E-state index in [1.807, 2.05) is 19.1 Å². The maximum absolute atomic E-state index is 13.5. The molecule has 0 spiro atoms. The van der Waals surface area contributed by atoms with Gasteiger partial charge in [0.05, 0.1) is 11.0 Å². The molecule has 2 aromatic carbocycles. The van der Waals surface area contributed by atoms with Gasteiger partial charge in [0, 0.05) is 0 Å². The van der Waals surface area contributed by atoms with E-state index in [4.69, 9.17) is 9.47 Å². The Hall–Kier alpha value is -2.96. The third kappa shape index (κ3) is 4.07. The van der Waals surface area contributed by atoms with Crippen LogP contribution in [0, 0.1) is 6.92 Å². The summed E-state index contributed by atoms with van der Waals surface area (Å²) in [5.74, 6) is -0.143. The number of benzene rings is 2. The fourth-order valence-corrected chi connectivity index (χ4v) is 2.75. The van der Waals surface area contributed by atoms with Gasteiger partial charge in [0.1, 0.15) is 5.75 Å². The molecule has 1 aromatic heterocycles. The van der Waals surface area contributed by atoms with Gasteiger partial charge in [0.2, 0.25) is 0 Å². The quantitative estimate of drug-likeness (QED) is 0.581. The molecule has 27 heavy (non-hydrogen) atoms. The third-order valence-corrected chi connectivity index (χ3v) is 4.14. The molecule has 0 aliphatic heterocycles. The normalized spacial score (nSPS) is 13.6. The number of alkyl halides is 2. The van der Waals surface area contributed by atoms with Gasteiger partial charge >= 0.3 is 12.5 Å². The van der Waals surface area contributed by atoms with E-state index >= 15 is 0 Å². The number of para-hydroxylation sites is 2. The van der Waals surface area contributed by atoms with Gasteiger partial charge < -0.3 is 9.47 Å². The second-order valence-electron chi connectivity index (χ2n) is 6.26. The highest BCUT2D eigenvalue weighted by Crippen LogP contribution is 2.28. The molecular weight excluding hydrogens is 354 g/mol. The number of fused-ring (bicyclic) bond motifs is 1. The monoisotopic (exact) mass is 374 g/mol. The zero-order valence-electron chi connectivity index (χ0n) is 15.2. The minimum absolute atomic E-state index is 0.0120. The van der Waals surface area contributed by atoms with Crippen LogP contribution in [-0.2, 0) is 9.53 Å². The number of ether oxygens (including phenoxy) is 2. The molecule has 1 heterocycles. The third-order valence-electron chi connectivity index (χ3n) is 4.14. The van der Waals surface area contributed by atoms with E-state index in [1.165, 1.54) is 6.92 Å². The van der Waals surface area contributed by atoms with Crippen LogP contribution in [0.1, 0.15) is 37.9 Å². The van der Waals surface area contributed by atoms with E-state index in [1.54, 1.807) is 43.3 Å². The van der Waals surface area contributed by atoms with Crippen molar-refractivity contribution < 1.29 is 23.0 Å². The van der Waals surface area contributed by atoms with Crippen molar-refractivity contribution in [3.8, 4) is 5.75 Å². The largest absolute Gasteiger partial charge is 0.479 e. The lowest BCUT2D eigenvalue weighted by molar-refractivity contribution is -0.157. The highest BCUT2D eigenvalue weighted by molar-refractivity contribution is 5.77. The van der Waals surface area contributed by atoms with E-state index in [-0.39, 0.29) is 11.3 Å². The van der Waals surface area contributed by atoms with E-state index in [2.05, 4.69) is 4.98 Å². The lowest BCUT2D eigenvalue weighted by Crippen LogP contribution is -2.27. The SMILES string of the molecule is Cc1ccc(OC(C)C(=O)OC(C)c2nc3ccccc3n2C(F)F)cc1. The highest BCUT2D eigenvalue weighted by atomic mass is 19.3. The van der Waals surface area contributed by atoms with E-state index in [9.17, 15) is 13.6 Å². The molecule has 0 fully saturated rings. The molecule has 0 amide bonds. The Morgan fingerprint density at radius 1 is 1.07 bits per heavy atom. The second-order valence-corrected chi connectivity index (χ2v) is 6.26. The van der Waals surface area contributed by atoms with Gasteiger partial charge in [-0.3, -0.25) is 4.57 Å². The van der Waals surface area contributed by atoms with E-state index in [0.717, 1.165) is 10.1 Å². The molecule has 0 saturated carbocycles. The van der Waals surface area contributed by atoms with Gasteiger partial charge in [0.25, 0.3) is 0 Å². The molecule has 3 rings (SSSR count). The number of rotatable bonds is 6. The molecule has 0 radical (unpaired) electrons. The Bertz CT molecular complexity index is 938. The molecule has 5 nitrogen and oxygen atoms in total. The summed E-state index contributed by atoms with van der Waals surface area (Å²) in [4.78, 5) is 16.5.